The number of hydrogen-bond acceptors (Lipinski definition) is 5. The molecule has 0 aliphatic carbocycles. The van der Waals surface area contributed by atoms with Crippen LogP contribution in [-0.2, 0) is 14.8 Å². The molecule has 2 heterocycles. The van der Waals surface area contributed by atoms with Gasteiger partial charge in [-0.15, -0.1) is 0 Å². The van der Waals surface area contributed by atoms with Crippen LogP contribution in [0.25, 0.3) is 0 Å². The van der Waals surface area contributed by atoms with E-state index in [2.05, 4.69) is 5.32 Å². The van der Waals surface area contributed by atoms with E-state index in [0.29, 0.717) is 30.9 Å². The van der Waals surface area contributed by atoms with Crippen LogP contribution < -0.4 is 15.0 Å². The minimum Gasteiger partial charge on any atom is -0.497 e. The molecule has 4 rings (SSSR count). The van der Waals surface area contributed by atoms with Crippen molar-refractivity contribution >= 4 is 27.5 Å². The first-order chi connectivity index (χ1) is 14.9. The summed E-state index contributed by atoms with van der Waals surface area (Å²) in [7, 11) is -1.93. The lowest BCUT2D eigenvalue weighted by atomic mass is 10.2. The van der Waals surface area contributed by atoms with Crippen LogP contribution in [0.2, 0.25) is 0 Å². The first-order valence-corrected chi connectivity index (χ1v) is 11.7. The fraction of sp³-hybridized carbons (Fsp3) is 0.364. The molecule has 164 valence electrons. The predicted octanol–water partition coefficient (Wildman–Crippen LogP) is 2.01. The standard InChI is InChI=1S/C22H25N3O5S/c1-30-19-8-6-18(7-9-19)25-15-17(14-21(25)26)23-22(27)16-4-10-20(11-5-16)31(28,29)24-12-2-3-13-24/h4-11,17H,2-3,12-15H2,1H3,(H,23,27)/t17-/m1/s1. The number of sulfonamides is 1. The van der Waals surface area contributed by atoms with Crippen LogP contribution >= 0.6 is 0 Å². The third-order valence-electron chi connectivity index (χ3n) is 5.66. The number of anilines is 1. The highest BCUT2D eigenvalue weighted by atomic mass is 32.2. The third kappa shape index (κ3) is 4.42. The molecule has 2 aliphatic rings. The molecule has 0 bridgehead atoms. The van der Waals surface area contributed by atoms with E-state index in [9.17, 15) is 18.0 Å². The number of carbonyl (C=O) groups is 2. The maximum Gasteiger partial charge on any atom is 0.251 e. The number of carbonyl (C=O) groups excluding carboxylic acids is 2. The number of benzene rings is 2. The fourth-order valence-electron chi connectivity index (χ4n) is 3.94. The Morgan fingerprint density at radius 3 is 2.29 bits per heavy atom. The molecule has 8 nitrogen and oxygen atoms in total. The second-order valence-electron chi connectivity index (χ2n) is 7.71. The monoisotopic (exact) mass is 443 g/mol. The van der Waals surface area contributed by atoms with E-state index >= 15 is 0 Å². The van der Waals surface area contributed by atoms with Gasteiger partial charge in [0.05, 0.1) is 18.0 Å². The predicted molar refractivity (Wildman–Crippen MR) is 116 cm³/mol. The van der Waals surface area contributed by atoms with E-state index in [1.54, 1.807) is 36.3 Å². The number of rotatable bonds is 6. The Bertz CT molecular complexity index is 1060. The summed E-state index contributed by atoms with van der Waals surface area (Å²) in [6.45, 7) is 1.44. The van der Waals surface area contributed by atoms with Gasteiger partial charge in [-0.05, 0) is 61.4 Å². The molecule has 0 unspecified atom stereocenters. The van der Waals surface area contributed by atoms with Crippen molar-refractivity contribution in [2.45, 2.75) is 30.2 Å². The van der Waals surface area contributed by atoms with Crippen molar-refractivity contribution in [3.05, 3.63) is 54.1 Å². The van der Waals surface area contributed by atoms with Crippen molar-refractivity contribution in [3.8, 4) is 5.75 Å². The topological polar surface area (TPSA) is 96.0 Å². The molecule has 0 spiro atoms. The molecule has 0 aromatic heterocycles. The van der Waals surface area contributed by atoms with Crippen LogP contribution in [0.1, 0.15) is 29.6 Å². The number of ether oxygens (including phenoxy) is 1. The van der Waals surface area contributed by atoms with Gasteiger partial charge in [0.25, 0.3) is 5.91 Å². The maximum atomic E-state index is 12.6. The zero-order valence-corrected chi connectivity index (χ0v) is 18.1. The molecule has 0 saturated carbocycles. The van der Waals surface area contributed by atoms with E-state index in [1.165, 1.54) is 28.6 Å². The third-order valence-corrected chi connectivity index (χ3v) is 7.58. The van der Waals surface area contributed by atoms with Gasteiger partial charge in [-0.3, -0.25) is 9.59 Å². The summed E-state index contributed by atoms with van der Waals surface area (Å²) < 4.78 is 31.8. The van der Waals surface area contributed by atoms with Crippen molar-refractivity contribution in [3.63, 3.8) is 0 Å². The van der Waals surface area contributed by atoms with E-state index in [0.717, 1.165) is 18.5 Å². The molecule has 0 radical (unpaired) electrons. The summed E-state index contributed by atoms with van der Waals surface area (Å²) in [5, 5.41) is 2.88. The van der Waals surface area contributed by atoms with Gasteiger partial charge in [0, 0.05) is 37.3 Å². The highest BCUT2D eigenvalue weighted by molar-refractivity contribution is 7.89. The lowest BCUT2D eigenvalue weighted by molar-refractivity contribution is -0.117. The zero-order valence-electron chi connectivity index (χ0n) is 17.3. The van der Waals surface area contributed by atoms with Gasteiger partial charge in [-0.25, -0.2) is 8.42 Å². The van der Waals surface area contributed by atoms with Gasteiger partial charge in [-0.1, -0.05) is 0 Å². The van der Waals surface area contributed by atoms with E-state index in [1.807, 2.05) is 0 Å². The Balaban J connectivity index is 1.39. The fourth-order valence-corrected chi connectivity index (χ4v) is 5.46. The lowest BCUT2D eigenvalue weighted by Gasteiger charge is -2.18. The number of nitrogens with one attached hydrogen (secondary N) is 1. The molecule has 2 aromatic carbocycles. The van der Waals surface area contributed by atoms with Gasteiger partial charge in [0.1, 0.15) is 5.75 Å². The van der Waals surface area contributed by atoms with E-state index in [-0.39, 0.29) is 29.2 Å². The van der Waals surface area contributed by atoms with Crippen molar-refractivity contribution in [2.24, 2.45) is 0 Å². The molecule has 2 amide bonds. The lowest BCUT2D eigenvalue weighted by Crippen LogP contribution is -2.37. The van der Waals surface area contributed by atoms with Gasteiger partial charge in [0.2, 0.25) is 15.9 Å². The quantitative estimate of drug-likeness (QED) is 0.737. The van der Waals surface area contributed by atoms with Gasteiger partial charge in [-0.2, -0.15) is 4.31 Å². The van der Waals surface area contributed by atoms with Gasteiger partial charge >= 0.3 is 0 Å². The molecule has 2 fully saturated rings. The molecule has 2 saturated heterocycles. The largest absolute Gasteiger partial charge is 0.497 e. The molecule has 9 heteroatoms. The van der Waals surface area contributed by atoms with Crippen LogP contribution in [0.15, 0.2) is 53.4 Å². The average Bonchev–Trinajstić information content (AvgIpc) is 3.44. The summed E-state index contributed by atoms with van der Waals surface area (Å²) in [6, 6.07) is 12.8. The maximum absolute atomic E-state index is 12.6. The first kappa shape index (κ1) is 21.3. The summed E-state index contributed by atoms with van der Waals surface area (Å²) in [4.78, 5) is 26.9. The molecule has 2 aliphatic heterocycles. The summed E-state index contributed by atoms with van der Waals surface area (Å²) in [5.74, 6) is 0.303. The molecular formula is C22H25N3O5S. The van der Waals surface area contributed by atoms with Gasteiger partial charge in [0.15, 0.2) is 0 Å². The Morgan fingerprint density at radius 1 is 1.03 bits per heavy atom. The average molecular weight is 444 g/mol. The van der Waals surface area contributed by atoms with E-state index in [4.69, 9.17) is 4.74 Å². The van der Waals surface area contributed by atoms with Crippen molar-refractivity contribution in [2.75, 3.05) is 31.6 Å². The van der Waals surface area contributed by atoms with Crippen molar-refractivity contribution in [1.82, 2.24) is 9.62 Å². The molecule has 1 atom stereocenters. The Morgan fingerprint density at radius 2 is 1.68 bits per heavy atom. The van der Waals surface area contributed by atoms with Crippen LogP contribution in [0.3, 0.4) is 0 Å². The highest BCUT2D eigenvalue weighted by Crippen LogP contribution is 2.25. The number of hydrogen-bond donors (Lipinski definition) is 1. The molecule has 2 aromatic rings. The SMILES string of the molecule is COc1ccc(N2C[C@H](NC(=O)c3ccc(S(=O)(=O)N4CCCC4)cc3)CC2=O)cc1. The second-order valence-corrected chi connectivity index (χ2v) is 9.65. The number of methoxy groups -OCH3 is 1. The molecular weight excluding hydrogens is 418 g/mol. The minimum absolute atomic E-state index is 0.0671. The Hall–Kier alpha value is -2.91. The van der Waals surface area contributed by atoms with Crippen molar-refractivity contribution in [1.29, 1.82) is 0 Å². The van der Waals surface area contributed by atoms with Gasteiger partial charge < -0.3 is 15.0 Å². The van der Waals surface area contributed by atoms with Crippen LogP contribution in [0, 0.1) is 0 Å². The summed E-state index contributed by atoms with van der Waals surface area (Å²) >= 11 is 0. The molecule has 31 heavy (non-hydrogen) atoms. The Kier molecular flexibility index (Phi) is 5.97. The second kappa shape index (κ2) is 8.68. The summed E-state index contributed by atoms with van der Waals surface area (Å²) in [6.07, 6.45) is 1.94. The van der Waals surface area contributed by atoms with Crippen LogP contribution in [-0.4, -0.2) is 57.3 Å². The number of nitrogens with zero attached hydrogens (tertiary/aromatic N) is 2. The minimum atomic E-state index is -3.51. The van der Waals surface area contributed by atoms with E-state index < -0.39 is 10.0 Å². The number of amides is 2. The normalized spacial score (nSPS) is 19.6. The first-order valence-electron chi connectivity index (χ1n) is 10.2. The molecule has 1 N–H and O–H groups in total. The van der Waals surface area contributed by atoms with Crippen molar-refractivity contribution < 1.29 is 22.7 Å². The Labute approximate surface area is 181 Å². The smallest absolute Gasteiger partial charge is 0.251 e. The highest BCUT2D eigenvalue weighted by Gasteiger charge is 2.32. The van der Waals surface area contributed by atoms with Crippen LogP contribution in [0.4, 0.5) is 5.69 Å². The zero-order chi connectivity index (χ0) is 22.0. The van der Waals surface area contributed by atoms with Crippen LogP contribution in [0.5, 0.6) is 5.75 Å². The summed E-state index contributed by atoms with van der Waals surface area (Å²) in [5.41, 5.74) is 1.11.